The summed E-state index contributed by atoms with van der Waals surface area (Å²) in [7, 11) is -2.36. The molecule has 164 valence electrons. The fourth-order valence-electron chi connectivity index (χ4n) is 3.77. The van der Waals surface area contributed by atoms with E-state index in [2.05, 4.69) is 5.32 Å². The van der Waals surface area contributed by atoms with Crippen LogP contribution in [0.15, 0.2) is 58.3 Å². The van der Waals surface area contributed by atoms with Gasteiger partial charge in [0.15, 0.2) is 0 Å². The van der Waals surface area contributed by atoms with Crippen LogP contribution in [0.25, 0.3) is 0 Å². The first kappa shape index (κ1) is 22.6. The van der Waals surface area contributed by atoms with Crippen LogP contribution in [0.4, 0.5) is 5.82 Å². The monoisotopic (exact) mass is 440 g/mol. The third kappa shape index (κ3) is 4.10. The van der Waals surface area contributed by atoms with Gasteiger partial charge in [0.05, 0.1) is 12.0 Å². The molecule has 0 spiro atoms. The van der Waals surface area contributed by atoms with E-state index >= 15 is 0 Å². The van der Waals surface area contributed by atoms with Gasteiger partial charge in [-0.15, -0.1) is 0 Å². The summed E-state index contributed by atoms with van der Waals surface area (Å²) in [6.07, 6.45) is 0. The number of benzene rings is 2. The molecule has 0 aliphatic rings. The molecule has 0 atom stereocenters. The maximum atomic E-state index is 13.6. The molecule has 1 aromatic heterocycles. The lowest BCUT2D eigenvalue weighted by molar-refractivity contribution is 0.102. The zero-order valence-corrected chi connectivity index (χ0v) is 19.5. The Kier molecular flexibility index (Phi) is 6.27. The van der Waals surface area contributed by atoms with E-state index < -0.39 is 9.84 Å². The average molecular weight is 441 g/mol. The molecule has 0 saturated carbocycles. The van der Waals surface area contributed by atoms with Gasteiger partial charge in [-0.05, 0) is 76.1 Å². The molecule has 31 heavy (non-hydrogen) atoms. The number of amides is 1. The number of aryl methyl sites for hydroxylation is 1. The number of methoxy groups -OCH3 is 1. The predicted octanol–water partition coefficient (Wildman–Crippen LogP) is 5.09. The van der Waals surface area contributed by atoms with E-state index in [-0.39, 0.29) is 27.6 Å². The Bertz CT molecular complexity index is 1220. The van der Waals surface area contributed by atoms with E-state index in [1.165, 1.54) is 19.2 Å². The van der Waals surface area contributed by atoms with Gasteiger partial charge in [0.1, 0.15) is 16.5 Å². The largest absolute Gasteiger partial charge is 0.497 e. The highest BCUT2D eigenvalue weighted by Crippen LogP contribution is 2.37. The third-order valence-electron chi connectivity index (χ3n) is 5.48. The summed E-state index contributed by atoms with van der Waals surface area (Å²) in [5, 5.41) is 2.90. The summed E-state index contributed by atoms with van der Waals surface area (Å²) >= 11 is 0. The van der Waals surface area contributed by atoms with Crippen molar-refractivity contribution in [2.75, 3.05) is 12.4 Å². The summed E-state index contributed by atoms with van der Waals surface area (Å²) in [5.74, 6) is 0.512. The zero-order chi connectivity index (χ0) is 22.9. The van der Waals surface area contributed by atoms with Gasteiger partial charge in [-0.2, -0.15) is 0 Å². The lowest BCUT2D eigenvalue weighted by atomic mass is 10.1. The highest BCUT2D eigenvalue weighted by Gasteiger charge is 2.31. The molecule has 1 amide bonds. The van der Waals surface area contributed by atoms with Crippen LogP contribution in [0.3, 0.4) is 0 Å². The maximum Gasteiger partial charge on any atom is 0.257 e. The van der Waals surface area contributed by atoms with E-state index in [4.69, 9.17) is 4.74 Å². The summed E-state index contributed by atoms with van der Waals surface area (Å²) in [4.78, 5) is 13.4. The summed E-state index contributed by atoms with van der Waals surface area (Å²) < 4.78 is 34.3. The van der Waals surface area contributed by atoms with Crippen LogP contribution in [0.1, 0.15) is 47.1 Å². The highest BCUT2D eigenvalue weighted by atomic mass is 32.2. The van der Waals surface area contributed by atoms with Crippen LogP contribution in [-0.4, -0.2) is 26.0 Å². The summed E-state index contributed by atoms with van der Waals surface area (Å²) in [6.45, 7) is 9.40. The van der Waals surface area contributed by atoms with Gasteiger partial charge < -0.3 is 14.6 Å². The van der Waals surface area contributed by atoms with E-state index in [9.17, 15) is 13.2 Å². The van der Waals surface area contributed by atoms with E-state index in [1.54, 1.807) is 31.2 Å². The van der Waals surface area contributed by atoms with Gasteiger partial charge in [0.25, 0.3) is 5.91 Å². The Morgan fingerprint density at radius 2 is 1.61 bits per heavy atom. The molecule has 0 saturated heterocycles. The Labute approximate surface area is 183 Å². The van der Waals surface area contributed by atoms with E-state index in [0.29, 0.717) is 16.9 Å². The van der Waals surface area contributed by atoms with Gasteiger partial charge >= 0.3 is 0 Å². The molecular weight excluding hydrogens is 412 g/mol. The first-order chi connectivity index (χ1) is 14.6. The Morgan fingerprint density at radius 1 is 1.00 bits per heavy atom. The molecule has 1 heterocycles. The molecule has 0 bridgehead atoms. The zero-order valence-electron chi connectivity index (χ0n) is 18.7. The van der Waals surface area contributed by atoms with Crippen molar-refractivity contribution < 1.29 is 17.9 Å². The van der Waals surface area contributed by atoms with Crippen molar-refractivity contribution >= 4 is 21.6 Å². The normalized spacial score (nSPS) is 11.6. The maximum absolute atomic E-state index is 13.6. The minimum Gasteiger partial charge on any atom is -0.497 e. The van der Waals surface area contributed by atoms with Gasteiger partial charge in [-0.1, -0.05) is 18.2 Å². The van der Waals surface area contributed by atoms with Crippen LogP contribution in [-0.2, 0) is 9.84 Å². The number of anilines is 1. The number of ether oxygens (including phenoxy) is 1. The molecule has 7 heteroatoms. The van der Waals surface area contributed by atoms with Crippen molar-refractivity contribution in [3.63, 3.8) is 0 Å². The number of nitrogens with one attached hydrogen (secondary N) is 1. The highest BCUT2D eigenvalue weighted by molar-refractivity contribution is 7.91. The van der Waals surface area contributed by atoms with Crippen molar-refractivity contribution in [2.45, 2.75) is 50.5 Å². The second-order valence-electron chi connectivity index (χ2n) is 7.80. The molecule has 3 aromatic rings. The Hall–Kier alpha value is -3.06. The first-order valence-corrected chi connectivity index (χ1v) is 11.6. The standard InChI is InChI=1S/C24H28N2O4S/c1-15(2)26-18(5)17(4)22(31(28,29)20-13-11-19(30-6)12-14-20)23(26)25-24(27)21-10-8-7-9-16(21)3/h7-15H,1-6H3,(H,25,27). The van der Waals surface area contributed by atoms with Crippen molar-refractivity contribution in [2.24, 2.45) is 0 Å². The molecule has 0 fully saturated rings. The average Bonchev–Trinajstić information content (AvgIpc) is 2.98. The summed E-state index contributed by atoms with van der Waals surface area (Å²) in [5.41, 5.74) is 2.73. The molecule has 1 N–H and O–H groups in total. The molecule has 2 aromatic carbocycles. The lowest BCUT2D eigenvalue weighted by Crippen LogP contribution is -2.19. The van der Waals surface area contributed by atoms with Gasteiger partial charge in [0, 0.05) is 17.3 Å². The molecule has 3 rings (SSSR count). The summed E-state index contributed by atoms with van der Waals surface area (Å²) in [6, 6.07) is 13.4. The second-order valence-corrected chi connectivity index (χ2v) is 9.69. The third-order valence-corrected chi connectivity index (χ3v) is 7.41. The van der Waals surface area contributed by atoms with Crippen molar-refractivity contribution in [3.05, 3.63) is 70.9 Å². The topological polar surface area (TPSA) is 77.4 Å². The quantitative estimate of drug-likeness (QED) is 0.579. The number of sulfone groups is 1. The second kappa shape index (κ2) is 8.59. The number of hydrogen-bond donors (Lipinski definition) is 1. The number of rotatable bonds is 6. The van der Waals surface area contributed by atoms with Crippen LogP contribution < -0.4 is 10.1 Å². The fourth-order valence-corrected chi connectivity index (χ4v) is 5.45. The van der Waals surface area contributed by atoms with Crippen molar-refractivity contribution in [1.29, 1.82) is 0 Å². The van der Waals surface area contributed by atoms with Crippen molar-refractivity contribution in [3.8, 4) is 5.75 Å². The minimum absolute atomic E-state index is 0.0503. The SMILES string of the molecule is COc1ccc(S(=O)(=O)c2c(C)c(C)n(C(C)C)c2NC(=O)c2ccccc2C)cc1. The predicted molar refractivity (Wildman–Crippen MR) is 122 cm³/mol. The molecule has 0 radical (unpaired) electrons. The van der Waals surface area contributed by atoms with Crippen LogP contribution in [0.5, 0.6) is 5.75 Å². The Morgan fingerprint density at radius 3 is 2.16 bits per heavy atom. The molecule has 0 unspecified atom stereocenters. The number of carbonyl (C=O) groups excluding carboxylic acids is 1. The molecular formula is C24H28N2O4S. The van der Waals surface area contributed by atoms with Gasteiger partial charge in [0.2, 0.25) is 9.84 Å². The smallest absolute Gasteiger partial charge is 0.257 e. The Balaban J connectivity index is 2.19. The van der Waals surface area contributed by atoms with Crippen LogP contribution in [0, 0.1) is 20.8 Å². The number of nitrogens with zero attached hydrogens (tertiary/aromatic N) is 1. The molecule has 0 aliphatic heterocycles. The molecule has 6 nitrogen and oxygen atoms in total. The van der Waals surface area contributed by atoms with Crippen LogP contribution in [0.2, 0.25) is 0 Å². The van der Waals surface area contributed by atoms with E-state index in [0.717, 1.165) is 11.3 Å². The van der Waals surface area contributed by atoms with Crippen molar-refractivity contribution in [1.82, 2.24) is 4.57 Å². The van der Waals surface area contributed by atoms with E-state index in [1.807, 2.05) is 44.4 Å². The van der Waals surface area contributed by atoms with Crippen LogP contribution >= 0.6 is 0 Å². The fraction of sp³-hybridized carbons (Fsp3) is 0.292. The minimum atomic E-state index is -3.89. The number of hydrogen-bond acceptors (Lipinski definition) is 4. The number of aromatic nitrogens is 1. The van der Waals surface area contributed by atoms with Gasteiger partial charge in [-0.3, -0.25) is 4.79 Å². The lowest BCUT2D eigenvalue weighted by Gasteiger charge is -2.18. The molecule has 0 aliphatic carbocycles. The number of carbonyl (C=O) groups is 1. The first-order valence-electron chi connectivity index (χ1n) is 10.1. The van der Waals surface area contributed by atoms with Gasteiger partial charge in [-0.25, -0.2) is 8.42 Å².